The normalized spacial score (nSPS) is 20.7. The van der Waals surface area contributed by atoms with Crippen LogP contribution < -0.4 is 20.7 Å². The molecule has 0 spiro atoms. The van der Waals surface area contributed by atoms with Gasteiger partial charge in [-0.05, 0) is 75.1 Å². The van der Waals surface area contributed by atoms with Gasteiger partial charge in [-0.1, -0.05) is 77.1 Å². The lowest BCUT2D eigenvalue weighted by Gasteiger charge is -2.43. The maximum atomic E-state index is 14.1. The second-order valence-electron chi connectivity index (χ2n) is 20.7. The Balaban J connectivity index is 0.000000266. The molecular formula is C54H67F3N10O6S. The first kappa shape index (κ1) is 53.9. The Morgan fingerprint density at radius 3 is 2.42 bits per heavy atom. The van der Waals surface area contributed by atoms with E-state index in [2.05, 4.69) is 42.3 Å². The van der Waals surface area contributed by atoms with Crippen molar-refractivity contribution < 1.29 is 41.9 Å². The summed E-state index contributed by atoms with van der Waals surface area (Å²) in [5.41, 5.74) is 5.36. The highest BCUT2D eigenvalue weighted by Gasteiger charge is 2.69. The van der Waals surface area contributed by atoms with E-state index in [9.17, 15) is 37.1 Å². The van der Waals surface area contributed by atoms with Gasteiger partial charge in [0.2, 0.25) is 11.8 Å². The molecule has 4 N–H and O–H groups in total. The van der Waals surface area contributed by atoms with Crippen LogP contribution in [-0.4, -0.2) is 122 Å². The molecule has 5 heterocycles. The van der Waals surface area contributed by atoms with Crippen molar-refractivity contribution in [2.75, 3.05) is 38.6 Å². The Kier molecular flexibility index (Phi) is 16.2. The minimum atomic E-state index is -2.68. The summed E-state index contributed by atoms with van der Waals surface area (Å²) in [4.78, 5) is 71.0. The van der Waals surface area contributed by atoms with E-state index < -0.39 is 52.7 Å². The van der Waals surface area contributed by atoms with Crippen LogP contribution in [0.4, 0.5) is 18.9 Å². The van der Waals surface area contributed by atoms with Crippen LogP contribution >= 0.6 is 11.3 Å². The molecule has 5 aromatic rings. The Labute approximate surface area is 433 Å². The van der Waals surface area contributed by atoms with Gasteiger partial charge in [0.1, 0.15) is 18.1 Å². The average molecular weight is 1040 g/mol. The van der Waals surface area contributed by atoms with Crippen molar-refractivity contribution in [1.82, 2.24) is 45.4 Å². The number of aryl methyl sites for hydroxylation is 1. The molecule has 2 saturated carbocycles. The lowest BCUT2D eigenvalue weighted by Crippen LogP contribution is -2.57. The zero-order valence-electron chi connectivity index (χ0n) is 43.1. The molecule has 3 aromatic heterocycles. The van der Waals surface area contributed by atoms with Gasteiger partial charge in [-0.2, -0.15) is 10.2 Å². The molecule has 2 saturated heterocycles. The molecule has 3 aliphatic carbocycles. The standard InChI is InChI=1S/C37H38F2N8O3S.C15H23FN2O3.C2H6/c1-21-35(51-20-41-21)23-8-9-24(15-40-2)31(12-23)50-11-10-32(48)46-17-25(18-46)34(22-6-4-3-5-7-22)47-19-26(16-42-47)43-36(49)33-27-13-28-29(37(28,38)39)14-30(27)44-45-33;1-14(2,3)11(17-13(21)15(16)6-7-15)12(20)18-8-4-5-10(18)9-19;1-2/h3-9,12,16,19-20,25,28-29,34,40H,10-11,13-15,17-18H2,1-2H3,(H,43,49)(H,44,45);9-11H,4-8H2,1-3H3,(H,17,21);1-2H3. The lowest BCUT2D eigenvalue weighted by molar-refractivity contribution is -0.142. The molecule has 0 radical (unpaired) electrons. The number of aromatic nitrogens is 5. The molecular weight excluding hydrogens is 974 g/mol. The van der Waals surface area contributed by atoms with Crippen LogP contribution in [0, 0.1) is 30.1 Å². The number of hydrogen-bond donors (Lipinski definition) is 4. The average Bonchev–Trinajstić information content (AvgIpc) is 3.79. The summed E-state index contributed by atoms with van der Waals surface area (Å²) in [7, 11) is 1.89. The zero-order valence-corrected chi connectivity index (χ0v) is 43.9. The highest BCUT2D eigenvalue weighted by molar-refractivity contribution is 7.13. The topological polar surface area (TPSA) is 197 Å². The monoisotopic (exact) mass is 1040 g/mol. The molecule has 4 fully saturated rings. The number of carbonyl (C=O) groups excluding carboxylic acids is 5. The predicted octanol–water partition coefficient (Wildman–Crippen LogP) is 7.74. The number of hydrogen-bond acceptors (Lipinski definition) is 11. The Hall–Kier alpha value is -6.41. The molecule has 0 bridgehead atoms. The smallest absolute Gasteiger partial charge is 0.276 e. The van der Waals surface area contributed by atoms with E-state index in [-0.39, 0.29) is 68.2 Å². The second-order valence-corrected chi connectivity index (χ2v) is 21.6. The number of aromatic amines is 1. The van der Waals surface area contributed by atoms with Crippen molar-refractivity contribution in [3.63, 3.8) is 0 Å². The highest BCUT2D eigenvalue weighted by atomic mass is 32.1. The number of nitrogens with zero attached hydrogens (tertiary/aromatic N) is 6. The summed E-state index contributed by atoms with van der Waals surface area (Å²) in [5, 5.41) is 20.2. The van der Waals surface area contributed by atoms with E-state index in [0.717, 1.165) is 45.7 Å². The SMILES string of the molecule is CC.CC(C)(C)C(NC(=O)C1(F)CC1)C(=O)N1CCCC1C=O.CNCc1ccc(-c2scnc2C)cc1OCCC(=O)N1CC(C(c2ccccc2)n2cc(NC(=O)c3n[nH]c4c3CC3C(C4)C3(F)F)cn2)C1. The zero-order chi connectivity index (χ0) is 53.1. The number of likely N-dealkylation sites (tertiary alicyclic amines) is 2. The second kappa shape index (κ2) is 22.2. The van der Waals surface area contributed by atoms with E-state index in [0.29, 0.717) is 49.5 Å². The molecule has 74 heavy (non-hydrogen) atoms. The number of thiazole rings is 1. The number of amides is 4. The van der Waals surface area contributed by atoms with Crippen LogP contribution in [-0.2, 0) is 38.6 Å². The number of aldehydes is 1. The van der Waals surface area contributed by atoms with Gasteiger partial charge in [0.25, 0.3) is 17.7 Å². The Morgan fingerprint density at radius 2 is 1.76 bits per heavy atom. The number of fused-ring (bicyclic) bond motifs is 2. The van der Waals surface area contributed by atoms with Crippen molar-refractivity contribution in [3.05, 3.63) is 100 Å². The van der Waals surface area contributed by atoms with Gasteiger partial charge >= 0.3 is 0 Å². The number of benzene rings is 2. The first-order chi connectivity index (χ1) is 35.4. The number of ether oxygens (including phenoxy) is 1. The third-order valence-corrected chi connectivity index (χ3v) is 15.6. The van der Waals surface area contributed by atoms with Crippen LogP contribution in [0.25, 0.3) is 10.4 Å². The molecule has 5 unspecified atom stereocenters. The third-order valence-electron chi connectivity index (χ3n) is 14.6. The summed E-state index contributed by atoms with van der Waals surface area (Å²) >= 11 is 1.59. The number of alkyl halides is 3. The fraction of sp³-hybridized carbons (Fsp3) is 0.519. The first-order valence-corrected chi connectivity index (χ1v) is 26.5. The van der Waals surface area contributed by atoms with Gasteiger partial charge in [0, 0.05) is 67.0 Å². The van der Waals surface area contributed by atoms with E-state index in [4.69, 9.17) is 4.74 Å². The van der Waals surface area contributed by atoms with Crippen LogP contribution in [0.1, 0.15) is 111 Å². The summed E-state index contributed by atoms with van der Waals surface area (Å²) < 4.78 is 49.9. The fourth-order valence-electron chi connectivity index (χ4n) is 10.2. The van der Waals surface area contributed by atoms with Gasteiger partial charge < -0.3 is 35.3 Å². The molecule has 16 nitrogen and oxygen atoms in total. The van der Waals surface area contributed by atoms with Crippen LogP contribution in [0.3, 0.4) is 0 Å². The molecule has 5 aliphatic rings. The molecule has 20 heteroatoms. The summed E-state index contributed by atoms with van der Waals surface area (Å²) in [5.74, 6) is -4.68. The molecule has 2 aromatic carbocycles. The minimum Gasteiger partial charge on any atom is -0.493 e. The van der Waals surface area contributed by atoms with E-state index in [1.54, 1.807) is 23.7 Å². The summed E-state index contributed by atoms with van der Waals surface area (Å²) in [6.07, 6.45) is 6.55. The molecule has 5 atom stereocenters. The highest BCUT2D eigenvalue weighted by Crippen LogP contribution is 2.60. The number of carbonyl (C=O) groups is 5. The minimum absolute atomic E-state index is 0.0220. The fourth-order valence-corrected chi connectivity index (χ4v) is 11.0. The molecule has 396 valence electrons. The molecule has 10 rings (SSSR count). The maximum absolute atomic E-state index is 14.1. The number of rotatable bonds is 16. The van der Waals surface area contributed by atoms with Crippen molar-refractivity contribution in [2.45, 2.75) is 123 Å². The van der Waals surface area contributed by atoms with Gasteiger partial charge in [-0.15, -0.1) is 11.3 Å². The van der Waals surface area contributed by atoms with Crippen LogP contribution in [0.15, 0.2) is 66.4 Å². The number of H-pyrrole nitrogens is 1. The Bertz CT molecular complexity index is 2820. The number of anilines is 1. The van der Waals surface area contributed by atoms with Crippen molar-refractivity contribution in [1.29, 1.82) is 0 Å². The summed E-state index contributed by atoms with van der Waals surface area (Å²) in [6, 6.07) is 14.7. The van der Waals surface area contributed by atoms with Gasteiger partial charge in [-0.25, -0.2) is 18.2 Å². The van der Waals surface area contributed by atoms with Crippen molar-refractivity contribution in [3.8, 4) is 16.2 Å². The number of halogens is 3. The van der Waals surface area contributed by atoms with Crippen molar-refractivity contribution >= 4 is 46.9 Å². The van der Waals surface area contributed by atoms with Gasteiger partial charge in [-0.3, -0.25) is 29.0 Å². The quantitative estimate of drug-likeness (QED) is 0.0710. The maximum Gasteiger partial charge on any atom is 0.276 e. The van der Waals surface area contributed by atoms with Gasteiger partial charge in [0.15, 0.2) is 11.4 Å². The van der Waals surface area contributed by atoms with Crippen LogP contribution in [0.5, 0.6) is 5.75 Å². The molecule has 4 amide bonds. The van der Waals surface area contributed by atoms with E-state index in [1.807, 2.05) is 106 Å². The first-order valence-electron chi connectivity index (χ1n) is 25.6. The van der Waals surface area contributed by atoms with E-state index >= 15 is 0 Å². The lowest BCUT2D eigenvalue weighted by atomic mass is 9.85. The van der Waals surface area contributed by atoms with E-state index in [1.165, 1.54) is 4.90 Å². The Morgan fingerprint density at radius 1 is 1.03 bits per heavy atom. The largest absolute Gasteiger partial charge is 0.493 e. The molecule has 2 aliphatic heterocycles. The van der Waals surface area contributed by atoms with Crippen molar-refractivity contribution in [2.24, 2.45) is 23.2 Å². The summed E-state index contributed by atoms with van der Waals surface area (Å²) in [6.45, 7) is 14.0. The third kappa shape index (κ3) is 11.4. The van der Waals surface area contributed by atoms with Crippen LogP contribution in [0.2, 0.25) is 0 Å². The number of nitrogens with one attached hydrogen (secondary N) is 4. The predicted molar refractivity (Wildman–Crippen MR) is 275 cm³/mol. The van der Waals surface area contributed by atoms with Gasteiger partial charge in [0.05, 0.1) is 53.1 Å².